The van der Waals surface area contributed by atoms with Gasteiger partial charge in [0.05, 0.1) is 10.6 Å². The predicted octanol–water partition coefficient (Wildman–Crippen LogP) is 2.90. The van der Waals surface area contributed by atoms with Gasteiger partial charge in [0.1, 0.15) is 0 Å². The fourth-order valence-corrected chi connectivity index (χ4v) is 3.20. The van der Waals surface area contributed by atoms with Crippen LogP contribution >= 0.6 is 11.6 Å². The summed E-state index contributed by atoms with van der Waals surface area (Å²) in [5.74, 6) is -0.0298. The molecule has 0 aliphatic rings. The average molecular weight is 307 g/mol. The average Bonchev–Trinajstić information content (AvgIpc) is 2.37. The second kappa shape index (κ2) is 7.85. The number of sulfone groups is 1. The Morgan fingerprint density at radius 3 is 2.37 bits per heavy atom. The second-order valence-electron chi connectivity index (χ2n) is 3.91. The minimum absolute atomic E-state index is 0.0298. The highest BCUT2D eigenvalue weighted by Crippen LogP contribution is 2.18. The number of benzene rings is 1. The van der Waals surface area contributed by atoms with Crippen LogP contribution in [-0.2, 0) is 19.3 Å². The lowest BCUT2D eigenvalue weighted by Gasteiger charge is -2.16. The zero-order valence-corrected chi connectivity index (χ0v) is 12.7. The Morgan fingerprint density at radius 2 is 1.84 bits per heavy atom. The van der Waals surface area contributed by atoms with E-state index in [1.807, 2.05) is 13.8 Å². The summed E-state index contributed by atoms with van der Waals surface area (Å²) in [6.45, 7) is 4.67. The summed E-state index contributed by atoms with van der Waals surface area (Å²) in [5, 5.41) is 0.409. The molecule has 1 aromatic carbocycles. The van der Waals surface area contributed by atoms with Gasteiger partial charge in [0, 0.05) is 24.7 Å². The first kappa shape index (κ1) is 16.4. The fraction of sp³-hybridized carbons (Fsp3) is 0.538. The van der Waals surface area contributed by atoms with Gasteiger partial charge in [0.25, 0.3) is 0 Å². The van der Waals surface area contributed by atoms with Gasteiger partial charge in [0.15, 0.2) is 16.1 Å². The molecular formula is C13H19ClO4S. The molecule has 0 bridgehead atoms. The summed E-state index contributed by atoms with van der Waals surface area (Å²) in [6.07, 6.45) is -0.180. The molecule has 0 N–H and O–H groups in total. The molecule has 0 aromatic heterocycles. The van der Waals surface area contributed by atoms with Crippen molar-refractivity contribution in [1.82, 2.24) is 0 Å². The van der Waals surface area contributed by atoms with Crippen molar-refractivity contribution in [3.8, 4) is 0 Å². The smallest absolute Gasteiger partial charge is 0.178 e. The predicted molar refractivity (Wildman–Crippen MR) is 75.2 cm³/mol. The van der Waals surface area contributed by atoms with Crippen molar-refractivity contribution in [2.75, 3.05) is 19.0 Å². The third-order valence-electron chi connectivity index (χ3n) is 2.48. The molecule has 0 amide bonds. The van der Waals surface area contributed by atoms with Gasteiger partial charge in [-0.2, -0.15) is 0 Å². The lowest BCUT2D eigenvalue weighted by Crippen LogP contribution is -2.21. The van der Waals surface area contributed by atoms with Crippen molar-refractivity contribution in [3.05, 3.63) is 29.3 Å². The molecule has 0 unspecified atom stereocenters. The number of halogens is 1. The number of hydrogen-bond acceptors (Lipinski definition) is 4. The second-order valence-corrected chi connectivity index (χ2v) is 6.45. The first-order valence-corrected chi connectivity index (χ1v) is 8.24. The highest BCUT2D eigenvalue weighted by atomic mass is 35.5. The number of ether oxygens (including phenoxy) is 2. The Hall–Kier alpha value is -0.620. The van der Waals surface area contributed by atoms with Crippen molar-refractivity contribution in [1.29, 1.82) is 0 Å². The zero-order valence-electron chi connectivity index (χ0n) is 11.1. The van der Waals surface area contributed by atoms with Crippen molar-refractivity contribution in [2.45, 2.75) is 31.5 Å². The summed E-state index contributed by atoms with van der Waals surface area (Å²) in [7, 11) is -3.36. The Morgan fingerprint density at radius 1 is 1.21 bits per heavy atom. The molecule has 0 atom stereocenters. The van der Waals surface area contributed by atoms with E-state index in [-0.39, 0.29) is 10.6 Å². The molecule has 6 heteroatoms. The molecule has 0 saturated carbocycles. The molecule has 1 rings (SSSR count). The molecule has 4 nitrogen and oxygen atoms in total. The highest BCUT2D eigenvalue weighted by molar-refractivity contribution is 7.91. The number of hydrogen-bond donors (Lipinski definition) is 0. The lowest BCUT2D eigenvalue weighted by atomic mass is 10.4. The van der Waals surface area contributed by atoms with Gasteiger partial charge in [-0.15, -0.1) is 0 Å². The van der Waals surface area contributed by atoms with Crippen LogP contribution in [0.5, 0.6) is 0 Å². The minimum Gasteiger partial charge on any atom is -0.353 e. The van der Waals surface area contributed by atoms with Crippen LogP contribution in [0.4, 0.5) is 0 Å². The number of rotatable bonds is 8. The summed E-state index contributed by atoms with van der Waals surface area (Å²) >= 11 is 5.80. The van der Waals surface area contributed by atoms with E-state index in [0.717, 1.165) is 0 Å². The fourth-order valence-electron chi connectivity index (χ4n) is 1.62. The van der Waals surface area contributed by atoms with Gasteiger partial charge in [-0.3, -0.25) is 0 Å². The van der Waals surface area contributed by atoms with Crippen molar-refractivity contribution >= 4 is 21.4 Å². The highest BCUT2D eigenvalue weighted by Gasteiger charge is 2.18. The van der Waals surface area contributed by atoms with Crippen molar-refractivity contribution in [3.63, 3.8) is 0 Å². The molecule has 0 spiro atoms. The van der Waals surface area contributed by atoms with E-state index >= 15 is 0 Å². The molecule has 0 heterocycles. The molecule has 0 fully saturated rings. The normalized spacial score (nSPS) is 12.0. The Labute approximate surface area is 119 Å². The lowest BCUT2D eigenvalue weighted by molar-refractivity contribution is -0.136. The van der Waals surface area contributed by atoms with E-state index in [1.165, 1.54) is 12.1 Å². The molecule has 108 valence electrons. The Balaban J connectivity index is 2.69. The van der Waals surface area contributed by atoms with E-state index < -0.39 is 16.1 Å². The van der Waals surface area contributed by atoms with Crippen LogP contribution in [0.2, 0.25) is 5.02 Å². The van der Waals surface area contributed by atoms with Crippen LogP contribution in [-0.4, -0.2) is 33.7 Å². The maximum atomic E-state index is 12.1. The van der Waals surface area contributed by atoms with E-state index in [9.17, 15) is 8.42 Å². The van der Waals surface area contributed by atoms with Crippen molar-refractivity contribution in [2.24, 2.45) is 0 Å². The quantitative estimate of drug-likeness (QED) is 0.693. The molecule has 19 heavy (non-hydrogen) atoms. The Bertz CT molecular complexity index is 481. The van der Waals surface area contributed by atoms with Gasteiger partial charge >= 0.3 is 0 Å². The van der Waals surface area contributed by atoms with E-state index in [4.69, 9.17) is 21.1 Å². The van der Waals surface area contributed by atoms with Gasteiger partial charge in [-0.1, -0.05) is 17.7 Å². The maximum Gasteiger partial charge on any atom is 0.178 e. The molecule has 0 aliphatic heterocycles. The Kier molecular flexibility index (Phi) is 6.79. The van der Waals surface area contributed by atoms with Crippen LogP contribution < -0.4 is 0 Å². The van der Waals surface area contributed by atoms with Crippen LogP contribution in [0, 0.1) is 0 Å². The monoisotopic (exact) mass is 306 g/mol. The van der Waals surface area contributed by atoms with Crippen molar-refractivity contribution < 1.29 is 17.9 Å². The third kappa shape index (κ3) is 5.48. The first-order chi connectivity index (χ1) is 8.99. The van der Waals surface area contributed by atoms with E-state index in [0.29, 0.717) is 24.7 Å². The maximum absolute atomic E-state index is 12.1. The third-order valence-corrected chi connectivity index (χ3v) is 4.46. The van der Waals surface area contributed by atoms with Gasteiger partial charge < -0.3 is 9.47 Å². The molecular weight excluding hydrogens is 288 g/mol. The largest absolute Gasteiger partial charge is 0.353 e. The summed E-state index contributed by atoms with van der Waals surface area (Å²) in [4.78, 5) is 0.228. The minimum atomic E-state index is -3.36. The summed E-state index contributed by atoms with van der Waals surface area (Å²) in [6, 6.07) is 6.26. The van der Waals surface area contributed by atoms with Crippen LogP contribution in [0.15, 0.2) is 29.2 Å². The topological polar surface area (TPSA) is 52.6 Å². The van der Waals surface area contributed by atoms with Crippen LogP contribution in [0.1, 0.15) is 20.3 Å². The van der Waals surface area contributed by atoms with Crippen LogP contribution in [0.25, 0.3) is 0 Å². The van der Waals surface area contributed by atoms with Gasteiger partial charge in [-0.25, -0.2) is 8.42 Å². The molecule has 0 aliphatic carbocycles. The van der Waals surface area contributed by atoms with Gasteiger partial charge in [0.2, 0.25) is 0 Å². The summed E-state index contributed by atoms with van der Waals surface area (Å²) < 4.78 is 34.9. The van der Waals surface area contributed by atoms with Crippen LogP contribution in [0.3, 0.4) is 0 Å². The molecule has 0 radical (unpaired) electrons. The standard InChI is InChI=1S/C13H19ClO4S/c1-3-17-13(18-4-2)8-9-19(15,16)12-7-5-6-11(14)10-12/h5-7,10,13H,3-4,8-9H2,1-2H3. The van der Waals surface area contributed by atoms with Gasteiger partial charge in [-0.05, 0) is 32.0 Å². The molecule has 1 aromatic rings. The van der Waals surface area contributed by atoms with E-state index in [2.05, 4.69) is 0 Å². The van der Waals surface area contributed by atoms with E-state index in [1.54, 1.807) is 12.1 Å². The zero-order chi connectivity index (χ0) is 14.3. The first-order valence-electron chi connectivity index (χ1n) is 6.21. The molecule has 0 saturated heterocycles. The SMILES string of the molecule is CCOC(CCS(=O)(=O)c1cccc(Cl)c1)OCC. The summed E-state index contributed by atoms with van der Waals surface area (Å²) in [5.41, 5.74) is 0.